The van der Waals surface area contributed by atoms with Crippen molar-refractivity contribution in [1.29, 1.82) is 0 Å². The van der Waals surface area contributed by atoms with Crippen LogP contribution in [0, 0.1) is 6.92 Å². The minimum Gasteiger partial charge on any atom is -0.321 e. The van der Waals surface area contributed by atoms with Crippen LogP contribution in [0.3, 0.4) is 0 Å². The number of nitrogens with one attached hydrogen (secondary N) is 3. The third-order valence-electron chi connectivity index (χ3n) is 3.32. The van der Waals surface area contributed by atoms with Crippen LogP contribution in [-0.4, -0.2) is 16.9 Å². The fourth-order valence-corrected chi connectivity index (χ4v) is 3.26. The van der Waals surface area contributed by atoms with Crippen molar-refractivity contribution in [2.45, 2.75) is 6.92 Å². The van der Waals surface area contributed by atoms with Gasteiger partial charge in [0.05, 0.1) is 0 Å². The van der Waals surface area contributed by atoms with E-state index < -0.39 is 6.03 Å². The summed E-state index contributed by atoms with van der Waals surface area (Å²) in [6, 6.07) is 14.3. The van der Waals surface area contributed by atoms with Gasteiger partial charge < -0.3 is 10.6 Å². The van der Waals surface area contributed by atoms with E-state index in [1.165, 1.54) is 11.3 Å². The average Bonchev–Trinajstić information content (AvgIpc) is 3.03. The number of carbonyl (C=O) groups excluding carboxylic acids is 2. The molecule has 0 aliphatic rings. The third kappa shape index (κ3) is 4.90. The lowest BCUT2D eigenvalue weighted by atomic mass is 10.2. The molecule has 1 heterocycles. The second kappa shape index (κ2) is 8.11. The predicted octanol–water partition coefficient (Wildman–Crippen LogP) is 5.11. The van der Waals surface area contributed by atoms with Crippen LogP contribution in [0.1, 0.15) is 16.1 Å². The summed E-state index contributed by atoms with van der Waals surface area (Å²) in [6.45, 7) is 1.94. The number of aromatic nitrogens is 1. The van der Waals surface area contributed by atoms with Gasteiger partial charge in [0.2, 0.25) is 0 Å². The molecule has 26 heavy (non-hydrogen) atoms. The molecule has 0 spiro atoms. The molecule has 0 aliphatic carbocycles. The normalized spacial score (nSPS) is 10.2. The fourth-order valence-electron chi connectivity index (χ4n) is 2.18. The van der Waals surface area contributed by atoms with E-state index in [4.69, 9.17) is 0 Å². The van der Waals surface area contributed by atoms with Crippen LogP contribution in [0.2, 0.25) is 0 Å². The summed E-state index contributed by atoms with van der Waals surface area (Å²) >= 11 is 4.53. The average molecular weight is 431 g/mol. The van der Waals surface area contributed by atoms with Crippen LogP contribution in [-0.2, 0) is 0 Å². The maximum absolute atomic E-state index is 12.2. The van der Waals surface area contributed by atoms with Crippen LogP contribution in [0.25, 0.3) is 0 Å². The molecule has 0 atom stereocenters. The number of thiazole rings is 1. The standard InChI is InChI=1S/C18H15BrN4O2S/c1-11-4-2-6-13(8-11)21-17(25)23-18-22-15(10-26-18)16(24)20-14-7-3-5-12(19)9-14/h2-10H,1H3,(H,20,24)(H2,21,22,23,25). The molecular formula is C18H15BrN4O2S. The summed E-state index contributed by atoms with van der Waals surface area (Å²) in [5.74, 6) is -0.341. The van der Waals surface area contributed by atoms with E-state index >= 15 is 0 Å². The first-order valence-corrected chi connectivity index (χ1v) is 9.34. The largest absolute Gasteiger partial charge is 0.325 e. The van der Waals surface area contributed by atoms with Gasteiger partial charge in [0.1, 0.15) is 5.69 Å². The third-order valence-corrected chi connectivity index (χ3v) is 4.57. The molecule has 1 aromatic heterocycles. The van der Waals surface area contributed by atoms with Gasteiger partial charge in [-0.3, -0.25) is 10.1 Å². The van der Waals surface area contributed by atoms with Crippen LogP contribution >= 0.6 is 27.3 Å². The first kappa shape index (κ1) is 18.1. The highest BCUT2D eigenvalue weighted by Crippen LogP contribution is 2.19. The van der Waals surface area contributed by atoms with Crippen molar-refractivity contribution in [1.82, 2.24) is 4.98 Å². The number of urea groups is 1. The van der Waals surface area contributed by atoms with E-state index in [-0.39, 0.29) is 11.6 Å². The molecule has 6 nitrogen and oxygen atoms in total. The smallest absolute Gasteiger partial charge is 0.321 e. The zero-order valence-electron chi connectivity index (χ0n) is 13.7. The Balaban J connectivity index is 1.60. The number of halogens is 1. The van der Waals surface area contributed by atoms with E-state index in [2.05, 4.69) is 36.9 Å². The second-order valence-corrected chi connectivity index (χ2v) is 7.22. The Morgan fingerprint density at radius 1 is 1.00 bits per heavy atom. The maximum Gasteiger partial charge on any atom is 0.325 e. The van der Waals surface area contributed by atoms with Gasteiger partial charge in [-0.25, -0.2) is 9.78 Å². The van der Waals surface area contributed by atoms with Gasteiger partial charge >= 0.3 is 6.03 Å². The maximum atomic E-state index is 12.2. The molecule has 0 saturated heterocycles. The van der Waals surface area contributed by atoms with Crippen LogP contribution in [0.5, 0.6) is 0 Å². The molecule has 3 rings (SSSR count). The Kier molecular flexibility index (Phi) is 5.65. The highest BCUT2D eigenvalue weighted by molar-refractivity contribution is 9.10. The lowest BCUT2D eigenvalue weighted by Gasteiger charge is -2.06. The molecule has 3 amide bonds. The minimum absolute atomic E-state index is 0.237. The Bertz CT molecular complexity index is 958. The lowest BCUT2D eigenvalue weighted by Crippen LogP contribution is -2.19. The molecule has 2 aromatic carbocycles. The van der Waals surface area contributed by atoms with E-state index in [1.54, 1.807) is 23.6 Å². The van der Waals surface area contributed by atoms with Gasteiger partial charge in [-0.1, -0.05) is 34.1 Å². The second-order valence-electron chi connectivity index (χ2n) is 5.45. The summed E-state index contributed by atoms with van der Waals surface area (Å²) in [6.07, 6.45) is 0. The fraction of sp³-hybridized carbons (Fsp3) is 0.0556. The predicted molar refractivity (Wildman–Crippen MR) is 108 cm³/mol. The Morgan fingerprint density at radius 3 is 2.46 bits per heavy atom. The van der Waals surface area contributed by atoms with Gasteiger partial charge in [0, 0.05) is 21.2 Å². The summed E-state index contributed by atoms with van der Waals surface area (Å²) in [4.78, 5) is 28.4. The topological polar surface area (TPSA) is 83.1 Å². The quantitative estimate of drug-likeness (QED) is 0.537. The molecule has 0 saturated carbocycles. The van der Waals surface area contributed by atoms with Crippen LogP contribution < -0.4 is 16.0 Å². The highest BCUT2D eigenvalue weighted by Gasteiger charge is 2.13. The van der Waals surface area contributed by atoms with Crippen molar-refractivity contribution in [2.24, 2.45) is 0 Å². The Hall–Kier alpha value is -2.71. The molecule has 3 N–H and O–H groups in total. The summed E-state index contributed by atoms with van der Waals surface area (Å²) in [5, 5.41) is 10.0. The molecule has 0 aliphatic heterocycles. The summed E-state index contributed by atoms with van der Waals surface area (Å²) in [7, 11) is 0. The van der Waals surface area contributed by atoms with Gasteiger partial charge in [0.25, 0.3) is 5.91 Å². The molecule has 0 radical (unpaired) electrons. The van der Waals surface area contributed by atoms with Gasteiger partial charge in [-0.05, 0) is 42.8 Å². The number of aryl methyl sites for hydroxylation is 1. The van der Waals surface area contributed by atoms with Gasteiger partial charge in [-0.2, -0.15) is 0 Å². The monoisotopic (exact) mass is 430 g/mol. The number of hydrogen-bond donors (Lipinski definition) is 3. The van der Waals surface area contributed by atoms with Crippen molar-refractivity contribution in [3.8, 4) is 0 Å². The molecule has 8 heteroatoms. The number of carbonyl (C=O) groups is 2. The van der Waals surface area contributed by atoms with E-state index in [9.17, 15) is 9.59 Å². The minimum atomic E-state index is -0.413. The van der Waals surface area contributed by atoms with E-state index in [0.717, 1.165) is 10.0 Å². The number of amides is 3. The van der Waals surface area contributed by atoms with Crippen molar-refractivity contribution in [2.75, 3.05) is 16.0 Å². The van der Waals surface area contributed by atoms with Crippen molar-refractivity contribution in [3.63, 3.8) is 0 Å². The highest BCUT2D eigenvalue weighted by atomic mass is 79.9. The molecular weight excluding hydrogens is 416 g/mol. The molecule has 0 unspecified atom stereocenters. The van der Waals surface area contributed by atoms with Crippen LogP contribution in [0.4, 0.5) is 21.3 Å². The lowest BCUT2D eigenvalue weighted by molar-refractivity contribution is 0.102. The van der Waals surface area contributed by atoms with Gasteiger partial charge in [-0.15, -0.1) is 11.3 Å². The van der Waals surface area contributed by atoms with Crippen molar-refractivity contribution >= 4 is 55.7 Å². The van der Waals surface area contributed by atoms with E-state index in [0.29, 0.717) is 16.5 Å². The first-order valence-electron chi connectivity index (χ1n) is 7.67. The zero-order chi connectivity index (χ0) is 18.5. The Morgan fingerprint density at radius 2 is 1.73 bits per heavy atom. The number of hydrogen-bond acceptors (Lipinski definition) is 4. The summed E-state index contributed by atoms with van der Waals surface area (Å²) < 4.78 is 0.865. The van der Waals surface area contributed by atoms with E-state index in [1.807, 2.05) is 37.3 Å². The van der Waals surface area contributed by atoms with Gasteiger partial charge in [0.15, 0.2) is 5.13 Å². The van der Waals surface area contributed by atoms with Crippen molar-refractivity contribution in [3.05, 3.63) is 69.6 Å². The SMILES string of the molecule is Cc1cccc(NC(=O)Nc2nc(C(=O)Nc3cccc(Br)c3)cs2)c1. The number of anilines is 3. The molecule has 3 aromatic rings. The number of benzene rings is 2. The molecule has 0 fully saturated rings. The van der Waals surface area contributed by atoms with Crippen LogP contribution in [0.15, 0.2) is 58.4 Å². The van der Waals surface area contributed by atoms with Crippen molar-refractivity contribution < 1.29 is 9.59 Å². The number of nitrogens with zero attached hydrogens (tertiary/aromatic N) is 1. The molecule has 0 bridgehead atoms. The number of rotatable bonds is 4. The summed E-state index contributed by atoms with van der Waals surface area (Å²) in [5.41, 5.74) is 2.63. The Labute approximate surface area is 162 Å². The zero-order valence-corrected chi connectivity index (χ0v) is 16.1. The first-order chi connectivity index (χ1) is 12.5. The molecule has 132 valence electrons.